The molecule has 2 aliphatic heterocycles. The van der Waals surface area contributed by atoms with Gasteiger partial charge in [-0.05, 0) is 84.0 Å². The maximum atomic E-state index is 13.5. The van der Waals surface area contributed by atoms with Gasteiger partial charge >= 0.3 is 5.97 Å². The Balaban J connectivity index is 1.26. The molecule has 10 heteroatoms. The van der Waals surface area contributed by atoms with Crippen molar-refractivity contribution in [2.24, 2.45) is 11.0 Å². The third-order valence-corrected chi connectivity index (χ3v) is 8.33. The highest BCUT2D eigenvalue weighted by atomic mass is 16.5. The van der Waals surface area contributed by atoms with Crippen LogP contribution in [0.5, 0.6) is 11.5 Å². The van der Waals surface area contributed by atoms with Gasteiger partial charge in [-0.2, -0.15) is 5.10 Å². The Hall–Kier alpha value is -4.99. The molecule has 0 fully saturated rings. The van der Waals surface area contributed by atoms with Crippen LogP contribution in [0.2, 0.25) is 0 Å². The zero-order chi connectivity index (χ0) is 31.1. The maximum absolute atomic E-state index is 13.5. The van der Waals surface area contributed by atoms with Crippen molar-refractivity contribution in [2.75, 3.05) is 6.61 Å². The number of nitrogens with one attached hydrogen (secondary N) is 1. The molecule has 4 heterocycles. The molecule has 2 aromatic heterocycles. The number of nitrogens with zero attached hydrogens (tertiary/aromatic N) is 3. The number of ether oxygens (including phenoxy) is 2. The number of esters is 1. The van der Waals surface area contributed by atoms with Gasteiger partial charge in [-0.3, -0.25) is 14.4 Å². The highest BCUT2D eigenvalue weighted by molar-refractivity contribution is 6.02. The quantitative estimate of drug-likeness (QED) is 0.150. The van der Waals surface area contributed by atoms with Crippen LogP contribution in [-0.2, 0) is 33.9 Å². The molecular formula is C34H34N4O6. The molecule has 1 amide bonds. The number of hydrogen-bond donors (Lipinski definition) is 2. The van der Waals surface area contributed by atoms with Crippen LogP contribution in [0.25, 0.3) is 22.3 Å². The second-order valence-electron chi connectivity index (χ2n) is 11.4. The third-order valence-electron chi connectivity index (χ3n) is 8.33. The molecule has 2 aromatic carbocycles. The number of benzene rings is 2. The first-order valence-corrected chi connectivity index (χ1v) is 14.9. The van der Waals surface area contributed by atoms with E-state index in [2.05, 4.69) is 17.5 Å². The van der Waals surface area contributed by atoms with E-state index in [0.29, 0.717) is 36.4 Å². The summed E-state index contributed by atoms with van der Waals surface area (Å²) >= 11 is 0. The summed E-state index contributed by atoms with van der Waals surface area (Å²) in [6.45, 7) is 8.06. The molecule has 0 bridgehead atoms. The SMILES string of the molecule is CCc1c2c(nc3ccc(OCC(=O)N/N=C(/c4ccc(O)cc4)C(C)C)cc13)-c1cc3c(c(=O)n1C2)COC(=O)C3CC. The first-order chi connectivity index (χ1) is 21.2. The number of aromatic nitrogens is 2. The van der Waals surface area contributed by atoms with Crippen LogP contribution >= 0.6 is 0 Å². The number of phenols is 1. The number of hydrazone groups is 1. The van der Waals surface area contributed by atoms with Crippen molar-refractivity contribution in [2.45, 2.75) is 59.6 Å². The summed E-state index contributed by atoms with van der Waals surface area (Å²) < 4.78 is 12.9. The minimum atomic E-state index is -0.458. The van der Waals surface area contributed by atoms with Crippen LogP contribution in [-0.4, -0.2) is 38.9 Å². The smallest absolute Gasteiger partial charge is 0.313 e. The Morgan fingerprint density at radius 2 is 1.91 bits per heavy atom. The van der Waals surface area contributed by atoms with Gasteiger partial charge in [0.1, 0.15) is 18.1 Å². The van der Waals surface area contributed by atoms with E-state index in [1.165, 1.54) is 0 Å². The minimum absolute atomic E-state index is 0.00859. The van der Waals surface area contributed by atoms with E-state index < -0.39 is 11.8 Å². The van der Waals surface area contributed by atoms with E-state index in [9.17, 15) is 19.5 Å². The van der Waals surface area contributed by atoms with Gasteiger partial charge in [0.05, 0.1) is 40.6 Å². The predicted molar refractivity (Wildman–Crippen MR) is 166 cm³/mol. The van der Waals surface area contributed by atoms with Crippen LogP contribution in [0.3, 0.4) is 0 Å². The highest BCUT2D eigenvalue weighted by Crippen LogP contribution is 2.39. The summed E-state index contributed by atoms with van der Waals surface area (Å²) in [5, 5.41) is 14.8. The van der Waals surface area contributed by atoms with E-state index >= 15 is 0 Å². The number of rotatable bonds is 8. The van der Waals surface area contributed by atoms with E-state index in [1.54, 1.807) is 34.9 Å². The van der Waals surface area contributed by atoms with Crippen LogP contribution < -0.4 is 15.7 Å². The molecule has 1 unspecified atom stereocenters. The number of amides is 1. The van der Waals surface area contributed by atoms with Crippen molar-refractivity contribution in [3.8, 4) is 22.9 Å². The molecule has 10 nitrogen and oxygen atoms in total. The first kappa shape index (κ1) is 29.1. The molecule has 1 atom stereocenters. The van der Waals surface area contributed by atoms with Crippen molar-refractivity contribution in [3.63, 3.8) is 0 Å². The molecule has 0 saturated heterocycles. The van der Waals surface area contributed by atoms with Crippen LogP contribution in [0.1, 0.15) is 67.9 Å². The summed E-state index contributed by atoms with van der Waals surface area (Å²) in [7, 11) is 0. The maximum Gasteiger partial charge on any atom is 0.313 e. The number of carbonyl (C=O) groups excluding carboxylic acids is 2. The van der Waals surface area contributed by atoms with Crippen LogP contribution in [0.15, 0.2) is 58.4 Å². The summed E-state index contributed by atoms with van der Waals surface area (Å²) in [5.74, 6) is -0.448. The Morgan fingerprint density at radius 1 is 1.14 bits per heavy atom. The molecule has 44 heavy (non-hydrogen) atoms. The lowest BCUT2D eigenvalue weighted by Crippen LogP contribution is -2.32. The average molecular weight is 595 g/mol. The molecule has 6 rings (SSSR count). The van der Waals surface area contributed by atoms with Crippen molar-refractivity contribution in [1.29, 1.82) is 0 Å². The second kappa shape index (κ2) is 11.6. The Labute approximate surface area is 254 Å². The van der Waals surface area contributed by atoms with Crippen LogP contribution in [0.4, 0.5) is 0 Å². The van der Waals surface area contributed by atoms with Gasteiger partial charge in [0.15, 0.2) is 6.61 Å². The zero-order valence-electron chi connectivity index (χ0n) is 25.1. The number of aromatic hydroxyl groups is 1. The molecule has 4 aromatic rings. The van der Waals surface area contributed by atoms with Gasteiger partial charge in [-0.1, -0.05) is 27.7 Å². The molecular weight excluding hydrogens is 560 g/mol. The zero-order valence-corrected chi connectivity index (χ0v) is 25.1. The lowest BCUT2D eigenvalue weighted by molar-refractivity contribution is -0.148. The number of fused-ring (bicyclic) bond motifs is 5. The molecule has 0 radical (unpaired) electrons. The predicted octanol–water partition coefficient (Wildman–Crippen LogP) is 4.80. The minimum Gasteiger partial charge on any atom is -0.508 e. The van der Waals surface area contributed by atoms with E-state index in [1.807, 2.05) is 39.0 Å². The second-order valence-corrected chi connectivity index (χ2v) is 11.4. The fourth-order valence-corrected chi connectivity index (χ4v) is 6.12. The van der Waals surface area contributed by atoms with Gasteiger partial charge in [-0.25, -0.2) is 10.4 Å². The number of aryl methyl sites for hydroxylation is 1. The Bertz CT molecular complexity index is 1890. The third kappa shape index (κ3) is 5.10. The fourth-order valence-electron chi connectivity index (χ4n) is 6.12. The lowest BCUT2D eigenvalue weighted by atomic mass is 9.90. The van der Waals surface area contributed by atoms with Crippen molar-refractivity contribution in [3.05, 3.63) is 86.7 Å². The van der Waals surface area contributed by atoms with Crippen molar-refractivity contribution < 1.29 is 24.2 Å². The number of cyclic esters (lactones) is 1. The number of phenolic OH excluding ortho intramolecular Hbond substituents is 1. The average Bonchev–Trinajstić information content (AvgIpc) is 3.38. The van der Waals surface area contributed by atoms with Crippen molar-refractivity contribution >= 4 is 28.5 Å². The Morgan fingerprint density at radius 3 is 2.61 bits per heavy atom. The van der Waals surface area contributed by atoms with E-state index in [-0.39, 0.29) is 36.4 Å². The highest BCUT2D eigenvalue weighted by Gasteiger charge is 2.34. The first-order valence-electron chi connectivity index (χ1n) is 14.9. The van der Waals surface area contributed by atoms with E-state index in [4.69, 9.17) is 14.5 Å². The number of carbonyl (C=O) groups is 2. The molecule has 0 spiro atoms. The molecule has 0 saturated carbocycles. The molecule has 0 aliphatic carbocycles. The molecule has 2 N–H and O–H groups in total. The normalized spacial score (nSPS) is 15.5. The largest absolute Gasteiger partial charge is 0.508 e. The topological polar surface area (TPSA) is 132 Å². The van der Waals surface area contributed by atoms with Gasteiger partial charge in [0.25, 0.3) is 11.5 Å². The lowest BCUT2D eigenvalue weighted by Gasteiger charge is -2.24. The van der Waals surface area contributed by atoms with Gasteiger partial charge in [0.2, 0.25) is 0 Å². The summed E-state index contributed by atoms with van der Waals surface area (Å²) in [5.41, 5.74) is 9.45. The van der Waals surface area contributed by atoms with Gasteiger partial charge in [0, 0.05) is 10.9 Å². The fraction of sp³-hybridized carbons (Fsp3) is 0.324. The standard InChI is InChI=1S/C34H34N4O6/c1-5-22-25-13-21(43-17-30(40)36-37-31(18(3)4)19-7-9-20(39)10-8-19)11-12-28(25)35-32-26(22)15-38-29(32)14-24-23(6-2)34(42)44-16-27(24)33(38)41/h7-14,18,23,39H,5-6,15-17H2,1-4H3,(H,36,40)/b37-31+. The summed E-state index contributed by atoms with van der Waals surface area (Å²) in [4.78, 5) is 43.5. The monoisotopic (exact) mass is 594 g/mol. The van der Waals surface area contributed by atoms with Crippen molar-refractivity contribution in [1.82, 2.24) is 15.0 Å². The van der Waals surface area contributed by atoms with Gasteiger partial charge in [-0.15, -0.1) is 0 Å². The number of pyridine rings is 2. The van der Waals surface area contributed by atoms with Crippen LogP contribution in [0, 0.1) is 5.92 Å². The van der Waals surface area contributed by atoms with E-state index in [0.717, 1.165) is 44.5 Å². The molecule has 2 aliphatic rings. The Kier molecular flexibility index (Phi) is 7.67. The number of hydrogen-bond acceptors (Lipinski definition) is 8. The molecule has 226 valence electrons. The summed E-state index contributed by atoms with van der Waals surface area (Å²) in [6, 6.07) is 14.1. The van der Waals surface area contributed by atoms with Gasteiger partial charge < -0.3 is 19.1 Å². The summed E-state index contributed by atoms with van der Waals surface area (Å²) in [6.07, 6.45) is 1.26.